The third kappa shape index (κ3) is 6.63. The highest BCUT2D eigenvalue weighted by molar-refractivity contribution is 6.97. The molecule has 0 aliphatic rings. The first-order valence-electron chi connectivity index (χ1n) is 18.1. The molecule has 0 aliphatic carbocycles. The Morgan fingerprint density at radius 3 is 1.06 bits per heavy atom. The van der Waals surface area contributed by atoms with Gasteiger partial charge in [-0.05, 0) is 94.7 Å². The van der Waals surface area contributed by atoms with E-state index in [0.717, 1.165) is 5.69 Å². The minimum absolute atomic E-state index is 0.0809. The zero-order valence-electron chi connectivity index (χ0n) is 32.3. The first kappa shape index (κ1) is 35.2. The van der Waals surface area contributed by atoms with Gasteiger partial charge in [-0.1, -0.05) is 178 Å². The number of benzene rings is 5. The summed E-state index contributed by atoms with van der Waals surface area (Å²) >= 11 is 0. The Morgan fingerprint density at radius 1 is 0.380 bits per heavy atom. The van der Waals surface area contributed by atoms with Gasteiger partial charge in [0.05, 0.1) is 5.69 Å². The number of nitrogens with zero attached hydrogens (tertiary/aromatic N) is 1. The van der Waals surface area contributed by atoms with E-state index in [2.05, 4.69) is 174 Å². The number of hydrogen-bond acceptors (Lipinski definition) is 1. The van der Waals surface area contributed by atoms with Crippen molar-refractivity contribution in [2.45, 2.75) is 83.1 Å². The fourth-order valence-corrected chi connectivity index (χ4v) is 9.24. The smallest absolute Gasteiger partial charge is 0.244 e. The summed E-state index contributed by atoms with van der Waals surface area (Å²) in [5, 5.41) is 0. The van der Waals surface area contributed by atoms with E-state index in [1.54, 1.807) is 0 Å². The maximum atomic E-state index is 5.32. The molecular weight excluding hydrogens is 600 g/mol. The van der Waals surface area contributed by atoms with Crippen LogP contribution >= 0.6 is 0 Å². The minimum Gasteiger partial charge on any atom is -0.257 e. The molecule has 0 spiro atoms. The van der Waals surface area contributed by atoms with Gasteiger partial charge < -0.3 is 0 Å². The van der Waals surface area contributed by atoms with Crippen molar-refractivity contribution in [2.75, 3.05) is 0 Å². The maximum absolute atomic E-state index is 5.32. The van der Waals surface area contributed by atoms with Crippen LogP contribution < -0.4 is 32.8 Å². The van der Waals surface area contributed by atoms with E-state index >= 15 is 0 Å². The molecule has 0 saturated heterocycles. The highest BCUT2D eigenvalue weighted by Crippen LogP contribution is 2.20. The SMILES string of the molecule is Cc1cc(C)c(B(c2ccc(-c3ccccc3B(c3c(C)cc(C)cc3C)c3c(C)cc(C)cc3C)nc2)c2c(C)cc(C)cc2C)c(C)c1. The van der Waals surface area contributed by atoms with Crippen molar-refractivity contribution in [3.63, 3.8) is 0 Å². The number of pyridine rings is 1. The van der Waals surface area contributed by atoms with Crippen molar-refractivity contribution in [1.82, 2.24) is 4.98 Å². The van der Waals surface area contributed by atoms with Gasteiger partial charge >= 0.3 is 0 Å². The van der Waals surface area contributed by atoms with E-state index in [0.29, 0.717) is 0 Å². The van der Waals surface area contributed by atoms with Gasteiger partial charge in [-0.3, -0.25) is 4.98 Å². The van der Waals surface area contributed by atoms with Gasteiger partial charge in [0.1, 0.15) is 0 Å². The molecule has 6 rings (SSSR count). The van der Waals surface area contributed by atoms with Gasteiger partial charge in [-0.2, -0.15) is 0 Å². The molecule has 0 fully saturated rings. The lowest BCUT2D eigenvalue weighted by Crippen LogP contribution is -2.56. The van der Waals surface area contributed by atoms with E-state index in [9.17, 15) is 0 Å². The van der Waals surface area contributed by atoms with Crippen molar-refractivity contribution >= 4 is 46.2 Å². The van der Waals surface area contributed by atoms with Crippen molar-refractivity contribution in [2.24, 2.45) is 0 Å². The molecule has 0 saturated carbocycles. The van der Waals surface area contributed by atoms with Crippen LogP contribution in [0.3, 0.4) is 0 Å². The molecule has 0 aliphatic heterocycles. The molecule has 0 unspecified atom stereocenters. The second-order valence-electron chi connectivity index (χ2n) is 15.2. The molecule has 0 atom stereocenters. The predicted octanol–water partition coefficient (Wildman–Crippen LogP) is 7.48. The van der Waals surface area contributed by atoms with E-state index in [4.69, 9.17) is 4.98 Å². The van der Waals surface area contributed by atoms with Crippen LogP contribution in [0.4, 0.5) is 0 Å². The van der Waals surface area contributed by atoms with Gasteiger partial charge in [0, 0.05) is 6.20 Å². The highest BCUT2D eigenvalue weighted by atomic mass is 14.7. The van der Waals surface area contributed by atoms with Crippen LogP contribution in [0, 0.1) is 83.1 Å². The summed E-state index contributed by atoms with van der Waals surface area (Å²) in [4.78, 5) is 5.32. The lowest BCUT2D eigenvalue weighted by molar-refractivity contribution is 1.32. The molecule has 0 radical (unpaired) electrons. The Balaban J connectivity index is 1.56. The summed E-state index contributed by atoms with van der Waals surface area (Å²) in [5.74, 6) is 0. The van der Waals surface area contributed by atoms with Gasteiger partial charge in [0.25, 0.3) is 0 Å². The van der Waals surface area contributed by atoms with Crippen molar-refractivity contribution in [3.8, 4) is 11.3 Å². The van der Waals surface area contributed by atoms with Crippen LogP contribution in [0.5, 0.6) is 0 Å². The number of hydrogen-bond donors (Lipinski definition) is 0. The van der Waals surface area contributed by atoms with Gasteiger partial charge in [-0.25, -0.2) is 0 Å². The van der Waals surface area contributed by atoms with Crippen LogP contribution in [0.2, 0.25) is 0 Å². The monoisotopic (exact) mass is 651 g/mol. The van der Waals surface area contributed by atoms with Crippen LogP contribution in [0.1, 0.15) is 66.8 Å². The summed E-state index contributed by atoms with van der Waals surface area (Å²) in [5.41, 5.74) is 26.1. The second-order valence-corrected chi connectivity index (χ2v) is 15.2. The maximum Gasteiger partial charge on any atom is 0.244 e. The first-order valence-corrected chi connectivity index (χ1v) is 18.1. The van der Waals surface area contributed by atoms with Crippen LogP contribution in [0.15, 0.2) is 91.1 Å². The van der Waals surface area contributed by atoms with Crippen molar-refractivity contribution in [3.05, 3.63) is 158 Å². The zero-order valence-corrected chi connectivity index (χ0v) is 32.3. The van der Waals surface area contributed by atoms with E-state index < -0.39 is 0 Å². The fraction of sp³-hybridized carbons (Fsp3) is 0.255. The van der Waals surface area contributed by atoms with Crippen molar-refractivity contribution < 1.29 is 0 Å². The molecule has 6 aromatic rings. The molecule has 0 bridgehead atoms. The van der Waals surface area contributed by atoms with E-state index in [-0.39, 0.29) is 13.4 Å². The van der Waals surface area contributed by atoms with Crippen LogP contribution in [-0.2, 0) is 0 Å². The largest absolute Gasteiger partial charge is 0.257 e. The summed E-state index contributed by atoms with van der Waals surface area (Å²) in [7, 11) is 0. The normalized spacial score (nSPS) is 11.2. The molecule has 0 amide bonds. The van der Waals surface area contributed by atoms with Gasteiger partial charge in [-0.15, -0.1) is 0 Å². The number of aromatic nitrogens is 1. The number of aryl methyl sites for hydroxylation is 12. The predicted molar refractivity (Wildman–Crippen MR) is 222 cm³/mol. The Kier molecular flexibility index (Phi) is 9.82. The first-order chi connectivity index (χ1) is 23.7. The average molecular weight is 652 g/mol. The molecule has 250 valence electrons. The molecule has 50 heavy (non-hydrogen) atoms. The standard InChI is InChI=1S/C47H51B2N/c1-28-19-32(5)44(33(6)20-28)48(45-34(7)21-29(2)22-35(45)8)40-17-18-43(50-27-40)41-15-13-14-16-42(41)49(46-36(9)23-30(3)24-37(46)10)47-38(11)25-31(4)26-39(47)12/h13-27H,1-12H3. The Morgan fingerprint density at radius 2 is 0.720 bits per heavy atom. The molecular formula is C47H51B2N. The minimum atomic E-state index is 0.0809. The molecule has 1 heterocycles. The van der Waals surface area contributed by atoms with Gasteiger partial charge in [0.15, 0.2) is 0 Å². The van der Waals surface area contributed by atoms with Crippen LogP contribution in [0.25, 0.3) is 11.3 Å². The zero-order chi connectivity index (χ0) is 36.0. The van der Waals surface area contributed by atoms with E-state index in [1.165, 1.54) is 105 Å². The molecule has 5 aromatic carbocycles. The third-order valence-electron chi connectivity index (χ3n) is 10.8. The lowest BCUT2D eigenvalue weighted by atomic mass is 9.33. The second kappa shape index (κ2) is 13.9. The molecule has 1 nitrogen and oxygen atoms in total. The third-order valence-corrected chi connectivity index (χ3v) is 10.8. The van der Waals surface area contributed by atoms with Crippen LogP contribution in [-0.4, -0.2) is 18.4 Å². The summed E-state index contributed by atoms with van der Waals surface area (Å²) < 4.78 is 0. The quantitative estimate of drug-likeness (QED) is 0.163. The summed E-state index contributed by atoms with van der Waals surface area (Å²) in [6.07, 6.45) is 2.15. The average Bonchev–Trinajstić information content (AvgIpc) is 3.01. The topological polar surface area (TPSA) is 12.9 Å². The number of rotatable bonds is 7. The Labute approximate surface area is 302 Å². The molecule has 0 N–H and O–H groups in total. The Bertz CT molecular complexity index is 2030. The summed E-state index contributed by atoms with van der Waals surface area (Å²) in [6, 6.07) is 32.2. The fourth-order valence-electron chi connectivity index (χ4n) is 9.24. The molecule has 3 heteroatoms. The Hall–Kier alpha value is -4.62. The van der Waals surface area contributed by atoms with E-state index in [1.807, 2.05) is 0 Å². The van der Waals surface area contributed by atoms with Crippen molar-refractivity contribution in [1.29, 1.82) is 0 Å². The summed E-state index contributed by atoms with van der Waals surface area (Å²) in [6.45, 7) is 27.2. The highest BCUT2D eigenvalue weighted by Gasteiger charge is 2.32. The molecule has 1 aromatic heterocycles. The lowest BCUT2D eigenvalue weighted by Gasteiger charge is -2.26. The van der Waals surface area contributed by atoms with Gasteiger partial charge in [0.2, 0.25) is 13.4 Å².